The van der Waals surface area contributed by atoms with Gasteiger partial charge in [0.1, 0.15) is 11.9 Å². The Morgan fingerprint density at radius 1 is 1.29 bits per heavy atom. The molecule has 1 aliphatic rings. The minimum absolute atomic E-state index is 0.0657. The van der Waals surface area contributed by atoms with Crippen LogP contribution in [0.25, 0.3) is 0 Å². The highest BCUT2D eigenvalue weighted by atomic mass is 19.1. The Morgan fingerprint density at radius 2 is 2.05 bits per heavy atom. The highest BCUT2D eigenvalue weighted by Gasteiger charge is 2.31. The zero-order valence-corrected chi connectivity index (χ0v) is 12.1. The first-order chi connectivity index (χ1) is 10.1. The molecule has 1 unspecified atom stereocenters. The first-order valence-corrected chi connectivity index (χ1v) is 6.98. The Hall–Kier alpha value is -1.79. The molecular weight excluding hydrogens is 273 g/mol. The van der Waals surface area contributed by atoms with Crippen molar-refractivity contribution in [2.45, 2.75) is 25.3 Å². The highest BCUT2D eigenvalue weighted by Crippen LogP contribution is 2.30. The van der Waals surface area contributed by atoms with Crippen LogP contribution in [0.4, 0.5) is 4.39 Å². The van der Waals surface area contributed by atoms with Crippen LogP contribution in [-0.4, -0.2) is 29.9 Å². The predicted molar refractivity (Wildman–Crippen MR) is 74.4 cm³/mol. The number of hydrogen-bond acceptors (Lipinski definition) is 5. The molecule has 1 aliphatic heterocycles. The van der Waals surface area contributed by atoms with Gasteiger partial charge in [-0.3, -0.25) is 0 Å². The molecule has 0 spiro atoms. The zero-order valence-electron chi connectivity index (χ0n) is 12.1. The van der Waals surface area contributed by atoms with Crippen molar-refractivity contribution in [2.75, 3.05) is 19.8 Å². The van der Waals surface area contributed by atoms with Crippen LogP contribution in [-0.2, 0) is 10.2 Å². The fourth-order valence-corrected chi connectivity index (χ4v) is 2.35. The molecule has 112 valence electrons. The number of nitrogens with one attached hydrogen (secondary N) is 1. The minimum atomic E-state index is -0.453. The second-order valence-electron chi connectivity index (χ2n) is 5.67. The molecule has 3 rings (SSSR count). The Balaban J connectivity index is 1.85. The van der Waals surface area contributed by atoms with Crippen molar-refractivity contribution in [1.82, 2.24) is 15.5 Å². The van der Waals surface area contributed by atoms with Crippen molar-refractivity contribution in [3.05, 3.63) is 47.4 Å². The van der Waals surface area contributed by atoms with E-state index in [0.29, 0.717) is 24.9 Å². The van der Waals surface area contributed by atoms with Gasteiger partial charge in [0.15, 0.2) is 5.82 Å². The topological polar surface area (TPSA) is 60.2 Å². The van der Waals surface area contributed by atoms with Crippen molar-refractivity contribution in [3.8, 4) is 0 Å². The molecule has 2 aromatic rings. The van der Waals surface area contributed by atoms with Gasteiger partial charge in [0.05, 0.1) is 18.6 Å². The van der Waals surface area contributed by atoms with Crippen LogP contribution in [0, 0.1) is 5.82 Å². The Labute approximate surface area is 122 Å². The van der Waals surface area contributed by atoms with E-state index in [-0.39, 0.29) is 11.9 Å². The maximum atomic E-state index is 13.1. The van der Waals surface area contributed by atoms with Gasteiger partial charge in [-0.25, -0.2) is 4.39 Å². The van der Waals surface area contributed by atoms with Crippen LogP contribution in [0.2, 0.25) is 0 Å². The Morgan fingerprint density at radius 3 is 2.71 bits per heavy atom. The summed E-state index contributed by atoms with van der Waals surface area (Å²) in [6.45, 7) is 5.96. The average molecular weight is 291 g/mol. The number of ether oxygens (including phenoxy) is 1. The molecular formula is C15H18FN3O2. The van der Waals surface area contributed by atoms with Crippen molar-refractivity contribution in [2.24, 2.45) is 0 Å². The van der Waals surface area contributed by atoms with Crippen LogP contribution < -0.4 is 5.32 Å². The summed E-state index contributed by atoms with van der Waals surface area (Å²) in [5, 5.41) is 7.36. The third-order valence-corrected chi connectivity index (χ3v) is 3.79. The molecule has 1 N–H and O–H groups in total. The van der Waals surface area contributed by atoms with E-state index >= 15 is 0 Å². The quantitative estimate of drug-likeness (QED) is 0.939. The van der Waals surface area contributed by atoms with E-state index in [4.69, 9.17) is 9.26 Å². The molecule has 0 bridgehead atoms. The van der Waals surface area contributed by atoms with E-state index in [1.165, 1.54) is 12.1 Å². The highest BCUT2D eigenvalue weighted by molar-refractivity contribution is 5.30. The van der Waals surface area contributed by atoms with Crippen LogP contribution in [0.1, 0.15) is 37.2 Å². The van der Waals surface area contributed by atoms with Gasteiger partial charge in [-0.05, 0) is 31.5 Å². The molecule has 1 aromatic carbocycles. The maximum Gasteiger partial charge on any atom is 0.246 e. The normalized spacial score (nSPS) is 19.7. The van der Waals surface area contributed by atoms with Gasteiger partial charge in [-0.15, -0.1) is 0 Å². The van der Waals surface area contributed by atoms with E-state index in [2.05, 4.69) is 15.5 Å². The van der Waals surface area contributed by atoms with E-state index in [1.807, 2.05) is 13.8 Å². The maximum absolute atomic E-state index is 13.1. The molecule has 1 fully saturated rings. The summed E-state index contributed by atoms with van der Waals surface area (Å²) in [6, 6.07) is 6.30. The number of aromatic nitrogens is 2. The first-order valence-electron chi connectivity index (χ1n) is 6.98. The summed E-state index contributed by atoms with van der Waals surface area (Å²) in [7, 11) is 0. The molecule has 1 saturated heterocycles. The Bertz CT molecular complexity index is 604. The molecule has 0 radical (unpaired) electrons. The third-order valence-electron chi connectivity index (χ3n) is 3.79. The van der Waals surface area contributed by atoms with Crippen molar-refractivity contribution in [1.29, 1.82) is 0 Å². The van der Waals surface area contributed by atoms with Crippen LogP contribution in [0.5, 0.6) is 0 Å². The number of rotatable bonds is 3. The second kappa shape index (κ2) is 5.54. The molecule has 2 heterocycles. The lowest BCUT2D eigenvalue weighted by molar-refractivity contribution is 0.0659. The van der Waals surface area contributed by atoms with E-state index in [1.54, 1.807) is 12.1 Å². The van der Waals surface area contributed by atoms with Crippen molar-refractivity contribution < 1.29 is 13.7 Å². The summed E-state index contributed by atoms with van der Waals surface area (Å²) >= 11 is 0. The van der Waals surface area contributed by atoms with Gasteiger partial charge < -0.3 is 14.6 Å². The van der Waals surface area contributed by atoms with Gasteiger partial charge in [-0.2, -0.15) is 4.98 Å². The smallest absolute Gasteiger partial charge is 0.246 e. The molecule has 0 amide bonds. The molecule has 21 heavy (non-hydrogen) atoms. The summed E-state index contributed by atoms with van der Waals surface area (Å²) < 4.78 is 23.8. The van der Waals surface area contributed by atoms with E-state index in [9.17, 15) is 4.39 Å². The molecule has 1 aromatic heterocycles. The van der Waals surface area contributed by atoms with Gasteiger partial charge in [0, 0.05) is 6.54 Å². The number of morpholine rings is 1. The van der Waals surface area contributed by atoms with Gasteiger partial charge in [0.25, 0.3) is 0 Å². The van der Waals surface area contributed by atoms with Crippen LogP contribution in [0.15, 0.2) is 28.8 Å². The first kappa shape index (κ1) is 14.2. The van der Waals surface area contributed by atoms with Crippen molar-refractivity contribution >= 4 is 0 Å². The number of benzene rings is 1. The van der Waals surface area contributed by atoms with Gasteiger partial charge in [-0.1, -0.05) is 17.3 Å². The molecule has 6 heteroatoms. The zero-order chi connectivity index (χ0) is 14.9. The minimum Gasteiger partial charge on any atom is -0.378 e. The number of nitrogens with zero attached hydrogens (tertiary/aromatic N) is 2. The Kier molecular flexibility index (Phi) is 3.73. The third kappa shape index (κ3) is 2.82. The fraction of sp³-hybridized carbons (Fsp3) is 0.467. The van der Waals surface area contributed by atoms with E-state index < -0.39 is 5.41 Å². The second-order valence-corrected chi connectivity index (χ2v) is 5.67. The average Bonchev–Trinajstić information content (AvgIpc) is 2.99. The summed E-state index contributed by atoms with van der Waals surface area (Å²) in [6.07, 6.45) is 0. The molecule has 5 nitrogen and oxygen atoms in total. The van der Waals surface area contributed by atoms with Gasteiger partial charge in [0.2, 0.25) is 5.89 Å². The standard InChI is InChI=1S/C15H18FN3O2/c1-15(2,10-3-5-11(16)6-4-10)14-18-13(21-19-14)12-9-20-8-7-17-12/h3-6,12,17H,7-9H2,1-2H3. The van der Waals surface area contributed by atoms with E-state index in [0.717, 1.165) is 12.1 Å². The van der Waals surface area contributed by atoms with Crippen LogP contribution >= 0.6 is 0 Å². The summed E-state index contributed by atoms with van der Waals surface area (Å²) in [5.41, 5.74) is 0.481. The lowest BCUT2D eigenvalue weighted by Crippen LogP contribution is -2.34. The monoisotopic (exact) mass is 291 g/mol. The fourth-order valence-electron chi connectivity index (χ4n) is 2.35. The van der Waals surface area contributed by atoms with Crippen molar-refractivity contribution in [3.63, 3.8) is 0 Å². The summed E-state index contributed by atoms with van der Waals surface area (Å²) in [4.78, 5) is 4.49. The predicted octanol–water partition coefficient (Wildman–Crippen LogP) is 2.20. The number of hydrogen-bond donors (Lipinski definition) is 1. The molecule has 1 atom stereocenters. The SMILES string of the molecule is CC(C)(c1ccc(F)cc1)c1noc(C2COCCN2)n1. The molecule has 0 saturated carbocycles. The lowest BCUT2D eigenvalue weighted by Gasteiger charge is -2.21. The summed E-state index contributed by atoms with van der Waals surface area (Å²) in [5.74, 6) is 0.850. The lowest BCUT2D eigenvalue weighted by atomic mass is 9.84. The van der Waals surface area contributed by atoms with Gasteiger partial charge >= 0.3 is 0 Å². The number of halogens is 1. The molecule has 0 aliphatic carbocycles. The largest absolute Gasteiger partial charge is 0.378 e. The van der Waals surface area contributed by atoms with Crippen LogP contribution in [0.3, 0.4) is 0 Å².